The minimum absolute atomic E-state index is 0.213. The van der Waals surface area contributed by atoms with Crippen LogP contribution >= 0.6 is 0 Å². The maximum atomic E-state index is 12.5. The van der Waals surface area contributed by atoms with Gasteiger partial charge in [-0.2, -0.15) is 0 Å². The topological polar surface area (TPSA) is 104 Å². The number of nitrogens with zero attached hydrogens (tertiary/aromatic N) is 1. The van der Waals surface area contributed by atoms with E-state index in [-0.39, 0.29) is 11.2 Å². The first-order valence-corrected chi connectivity index (χ1v) is 7.17. The van der Waals surface area contributed by atoms with E-state index in [1.54, 1.807) is 24.3 Å². The van der Waals surface area contributed by atoms with Gasteiger partial charge in [0.2, 0.25) is 0 Å². The molecule has 0 aliphatic rings. The number of H-pyrrole nitrogens is 1. The molecule has 0 radical (unpaired) electrons. The molecule has 0 unspecified atom stereocenters. The molecule has 24 heavy (non-hydrogen) atoms. The van der Waals surface area contributed by atoms with Crippen molar-refractivity contribution in [1.29, 1.82) is 0 Å². The quantitative estimate of drug-likeness (QED) is 0.685. The van der Waals surface area contributed by atoms with Crippen molar-refractivity contribution in [2.24, 2.45) is 0 Å². The Morgan fingerprint density at radius 1 is 1.33 bits per heavy atom. The van der Waals surface area contributed by atoms with E-state index < -0.39 is 17.2 Å². The molecule has 0 aliphatic carbocycles. The Morgan fingerprint density at radius 3 is 2.88 bits per heavy atom. The van der Waals surface area contributed by atoms with Gasteiger partial charge in [-0.1, -0.05) is 6.07 Å². The maximum Gasteiger partial charge on any atom is 0.266 e. The lowest BCUT2D eigenvalue weighted by molar-refractivity contribution is 0.102. The van der Waals surface area contributed by atoms with Crippen molar-refractivity contribution in [1.82, 2.24) is 9.97 Å². The number of aromatic nitrogens is 2. The summed E-state index contributed by atoms with van der Waals surface area (Å²) in [6.07, 6.45) is 1.48. The Kier molecular flexibility index (Phi) is 3.91. The molecule has 0 saturated carbocycles. The highest BCUT2D eigenvalue weighted by molar-refractivity contribution is 6.09. The molecule has 3 aromatic rings. The molecule has 0 fully saturated rings. The number of aryl methyl sites for hydroxylation is 1. The highest BCUT2D eigenvalue weighted by atomic mass is 16.5. The van der Waals surface area contributed by atoms with Crippen LogP contribution in [0.5, 0.6) is 11.5 Å². The van der Waals surface area contributed by atoms with Crippen molar-refractivity contribution in [3.63, 3.8) is 0 Å². The van der Waals surface area contributed by atoms with Gasteiger partial charge in [-0.15, -0.1) is 0 Å². The number of pyridine rings is 2. The van der Waals surface area contributed by atoms with Crippen molar-refractivity contribution in [2.75, 3.05) is 12.4 Å². The second-order valence-corrected chi connectivity index (χ2v) is 5.24. The summed E-state index contributed by atoms with van der Waals surface area (Å²) in [5.41, 5.74) is 0.436. The average Bonchev–Trinajstić information content (AvgIpc) is 2.55. The second-order valence-electron chi connectivity index (χ2n) is 5.24. The van der Waals surface area contributed by atoms with E-state index in [4.69, 9.17) is 4.74 Å². The molecule has 1 amide bonds. The molecule has 0 atom stereocenters. The fourth-order valence-corrected chi connectivity index (χ4v) is 2.42. The van der Waals surface area contributed by atoms with Crippen LogP contribution in [0.15, 0.2) is 41.3 Å². The molecule has 7 nitrogen and oxygen atoms in total. The monoisotopic (exact) mass is 325 g/mol. The molecule has 0 bridgehead atoms. The van der Waals surface area contributed by atoms with Gasteiger partial charge >= 0.3 is 0 Å². The molecule has 1 aromatic carbocycles. The highest BCUT2D eigenvalue weighted by Crippen LogP contribution is 2.28. The van der Waals surface area contributed by atoms with Crippen LogP contribution in [0.1, 0.15) is 15.9 Å². The molecule has 122 valence electrons. The van der Waals surface area contributed by atoms with Crippen molar-refractivity contribution in [3.05, 3.63) is 58.0 Å². The van der Waals surface area contributed by atoms with Gasteiger partial charge in [-0.05, 0) is 36.8 Å². The number of fused-ring (bicyclic) bond motifs is 1. The van der Waals surface area contributed by atoms with Crippen LogP contribution in [0, 0.1) is 6.92 Å². The smallest absolute Gasteiger partial charge is 0.266 e. The Hall–Kier alpha value is -3.35. The van der Waals surface area contributed by atoms with Crippen LogP contribution in [-0.4, -0.2) is 28.1 Å². The van der Waals surface area contributed by atoms with Gasteiger partial charge in [0.25, 0.3) is 11.5 Å². The van der Waals surface area contributed by atoms with Gasteiger partial charge in [-0.25, -0.2) is 4.98 Å². The number of carbonyl (C=O) groups excluding carboxylic acids is 1. The lowest BCUT2D eigenvalue weighted by Gasteiger charge is -2.12. The zero-order chi connectivity index (χ0) is 17.3. The van der Waals surface area contributed by atoms with E-state index in [1.807, 2.05) is 13.0 Å². The fraction of sp³-hybridized carbons (Fsp3) is 0.118. The summed E-state index contributed by atoms with van der Waals surface area (Å²) in [5.74, 6) is -0.693. The standard InChI is InChI=1S/C17H15N3O4/c1-9-5-6-12(24-2)11(8-9)19-16(22)13-14(21)10-4-3-7-18-15(10)20-17(13)23/h3-8H,1-2H3,(H,19,22)(H2,18,20,21,23). The molecule has 7 heteroatoms. The number of benzene rings is 1. The van der Waals surface area contributed by atoms with Crippen LogP contribution in [0.25, 0.3) is 11.0 Å². The number of aromatic amines is 1. The largest absolute Gasteiger partial charge is 0.506 e. The first-order chi connectivity index (χ1) is 11.5. The number of rotatable bonds is 3. The first-order valence-electron chi connectivity index (χ1n) is 7.17. The summed E-state index contributed by atoms with van der Waals surface area (Å²) >= 11 is 0. The Labute approximate surface area is 136 Å². The minimum atomic E-state index is -0.733. The number of hydrogen-bond donors (Lipinski definition) is 3. The zero-order valence-corrected chi connectivity index (χ0v) is 13.1. The SMILES string of the molecule is COc1ccc(C)cc1NC(=O)c1c(O)c2cccnc2[nH]c1=O. The lowest BCUT2D eigenvalue weighted by Crippen LogP contribution is -2.24. The predicted molar refractivity (Wildman–Crippen MR) is 89.7 cm³/mol. The third-order valence-corrected chi connectivity index (χ3v) is 3.59. The van der Waals surface area contributed by atoms with E-state index in [0.717, 1.165) is 5.56 Å². The Morgan fingerprint density at radius 2 is 2.12 bits per heavy atom. The molecule has 0 aliphatic heterocycles. The van der Waals surface area contributed by atoms with Crippen LogP contribution < -0.4 is 15.6 Å². The zero-order valence-electron chi connectivity index (χ0n) is 13.1. The highest BCUT2D eigenvalue weighted by Gasteiger charge is 2.20. The van der Waals surface area contributed by atoms with E-state index in [0.29, 0.717) is 16.8 Å². The van der Waals surface area contributed by atoms with Crippen molar-refractivity contribution in [3.8, 4) is 11.5 Å². The molecule has 0 spiro atoms. The average molecular weight is 325 g/mol. The summed E-state index contributed by atoms with van der Waals surface area (Å²) in [5, 5.41) is 13.2. The summed E-state index contributed by atoms with van der Waals surface area (Å²) in [6.45, 7) is 1.86. The number of nitrogens with one attached hydrogen (secondary N) is 2. The number of amides is 1. The number of carbonyl (C=O) groups is 1. The van der Waals surface area contributed by atoms with Gasteiger partial charge in [0, 0.05) is 6.20 Å². The summed E-state index contributed by atoms with van der Waals surface area (Å²) in [7, 11) is 1.48. The molecular weight excluding hydrogens is 310 g/mol. The van der Waals surface area contributed by atoms with Crippen LogP contribution in [0.2, 0.25) is 0 Å². The third kappa shape index (κ3) is 2.67. The summed E-state index contributed by atoms with van der Waals surface area (Å²) in [4.78, 5) is 31.1. The lowest BCUT2D eigenvalue weighted by atomic mass is 10.1. The minimum Gasteiger partial charge on any atom is -0.506 e. The second kappa shape index (κ2) is 6.04. The van der Waals surface area contributed by atoms with E-state index >= 15 is 0 Å². The summed E-state index contributed by atoms with van der Waals surface area (Å²) < 4.78 is 5.19. The molecule has 3 rings (SSSR count). The van der Waals surface area contributed by atoms with E-state index in [1.165, 1.54) is 13.3 Å². The van der Waals surface area contributed by atoms with E-state index in [2.05, 4.69) is 15.3 Å². The molecule has 0 saturated heterocycles. The Bertz CT molecular complexity index is 995. The number of hydrogen-bond acceptors (Lipinski definition) is 5. The number of aromatic hydroxyl groups is 1. The Balaban J connectivity index is 2.07. The molecule has 2 heterocycles. The fourth-order valence-electron chi connectivity index (χ4n) is 2.42. The number of anilines is 1. The molecule has 2 aromatic heterocycles. The van der Waals surface area contributed by atoms with Crippen molar-refractivity contribution >= 4 is 22.6 Å². The van der Waals surface area contributed by atoms with Gasteiger partial charge in [0.15, 0.2) is 0 Å². The van der Waals surface area contributed by atoms with Gasteiger partial charge in [0.05, 0.1) is 18.2 Å². The van der Waals surface area contributed by atoms with Crippen LogP contribution in [-0.2, 0) is 0 Å². The first kappa shape index (κ1) is 15.5. The van der Waals surface area contributed by atoms with Crippen LogP contribution in [0.3, 0.4) is 0 Å². The molecular formula is C17H15N3O4. The van der Waals surface area contributed by atoms with Gasteiger partial charge < -0.3 is 20.1 Å². The number of methoxy groups -OCH3 is 1. The number of ether oxygens (including phenoxy) is 1. The normalized spacial score (nSPS) is 10.6. The van der Waals surface area contributed by atoms with Gasteiger partial charge in [0.1, 0.15) is 22.7 Å². The maximum absolute atomic E-state index is 12.5. The summed E-state index contributed by atoms with van der Waals surface area (Å²) in [6, 6.07) is 8.42. The molecule has 3 N–H and O–H groups in total. The third-order valence-electron chi connectivity index (χ3n) is 3.59. The van der Waals surface area contributed by atoms with Crippen molar-refractivity contribution in [2.45, 2.75) is 6.92 Å². The van der Waals surface area contributed by atoms with E-state index in [9.17, 15) is 14.7 Å². The van der Waals surface area contributed by atoms with Gasteiger partial charge in [-0.3, -0.25) is 9.59 Å². The van der Waals surface area contributed by atoms with Crippen LogP contribution in [0.4, 0.5) is 5.69 Å². The van der Waals surface area contributed by atoms with Crippen molar-refractivity contribution < 1.29 is 14.6 Å². The predicted octanol–water partition coefficient (Wildman–Crippen LogP) is 2.20.